The molecule has 110 valence electrons. The van der Waals surface area contributed by atoms with Gasteiger partial charge < -0.3 is 14.4 Å². The maximum Gasteiger partial charge on any atom is 0.127 e. The van der Waals surface area contributed by atoms with Crippen LogP contribution in [0.3, 0.4) is 0 Å². The average molecular weight is 275 g/mol. The van der Waals surface area contributed by atoms with Crippen molar-refractivity contribution in [3.05, 3.63) is 24.3 Å². The molecule has 0 aromatic heterocycles. The molecular weight excluding hydrogens is 250 g/mol. The third-order valence-corrected chi connectivity index (χ3v) is 4.57. The van der Waals surface area contributed by atoms with Gasteiger partial charge in [0.1, 0.15) is 12.0 Å². The molecule has 1 saturated carbocycles. The van der Waals surface area contributed by atoms with Crippen LogP contribution in [-0.2, 0) is 4.79 Å². The summed E-state index contributed by atoms with van der Waals surface area (Å²) in [7, 11) is 3.73. The van der Waals surface area contributed by atoms with E-state index in [2.05, 4.69) is 24.9 Å². The highest BCUT2D eigenvalue weighted by atomic mass is 16.5. The molecular formula is C17H25NO2. The zero-order chi connectivity index (χ0) is 14.6. The minimum absolute atomic E-state index is 0.176. The summed E-state index contributed by atoms with van der Waals surface area (Å²) in [5.74, 6) is 1.61. The van der Waals surface area contributed by atoms with Gasteiger partial charge in [-0.1, -0.05) is 13.0 Å². The monoisotopic (exact) mass is 275 g/mol. The van der Waals surface area contributed by atoms with E-state index in [1.807, 2.05) is 18.2 Å². The van der Waals surface area contributed by atoms with Gasteiger partial charge in [0, 0.05) is 30.8 Å². The largest absolute Gasteiger partial charge is 0.497 e. The van der Waals surface area contributed by atoms with E-state index in [4.69, 9.17) is 4.74 Å². The van der Waals surface area contributed by atoms with E-state index in [1.54, 1.807) is 7.11 Å². The Kier molecular flexibility index (Phi) is 4.69. The summed E-state index contributed by atoms with van der Waals surface area (Å²) in [4.78, 5) is 13.8. The number of rotatable bonds is 5. The van der Waals surface area contributed by atoms with Crippen LogP contribution in [-0.4, -0.2) is 27.0 Å². The van der Waals surface area contributed by atoms with Gasteiger partial charge >= 0.3 is 0 Å². The van der Waals surface area contributed by atoms with Crippen molar-refractivity contribution in [1.82, 2.24) is 0 Å². The first-order valence-electron chi connectivity index (χ1n) is 7.40. The first-order valence-corrected chi connectivity index (χ1v) is 7.40. The van der Waals surface area contributed by atoms with E-state index in [1.165, 1.54) is 6.29 Å². The molecule has 1 aromatic rings. The van der Waals surface area contributed by atoms with Gasteiger partial charge in [-0.05, 0) is 43.7 Å². The molecule has 1 aliphatic carbocycles. The Morgan fingerprint density at radius 3 is 2.70 bits per heavy atom. The van der Waals surface area contributed by atoms with Gasteiger partial charge in [-0.15, -0.1) is 0 Å². The minimum atomic E-state index is -0.176. The first kappa shape index (κ1) is 14.9. The number of anilines is 1. The Hall–Kier alpha value is -1.51. The summed E-state index contributed by atoms with van der Waals surface area (Å²) in [6.45, 7) is 3.07. The van der Waals surface area contributed by atoms with Crippen LogP contribution in [0.5, 0.6) is 5.75 Å². The van der Waals surface area contributed by atoms with Crippen LogP contribution in [0, 0.1) is 11.3 Å². The van der Waals surface area contributed by atoms with Gasteiger partial charge in [0.15, 0.2) is 0 Å². The maximum atomic E-state index is 11.6. The van der Waals surface area contributed by atoms with Crippen molar-refractivity contribution in [2.45, 2.75) is 32.6 Å². The van der Waals surface area contributed by atoms with Crippen molar-refractivity contribution in [1.29, 1.82) is 0 Å². The zero-order valence-corrected chi connectivity index (χ0v) is 12.8. The second-order valence-corrected chi connectivity index (χ2v) is 6.22. The fourth-order valence-electron chi connectivity index (χ4n) is 3.06. The lowest BCUT2D eigenvalue weighted by Crippen LogP contribution is -2.39. The van der Waals surface area contributed by atoms with Gasteiger partial charge in [-0.3, -0.25) is 0 Å². The van der Waals surface area contributed by atoms with E-state index in [0.717, 1.165) is 49.6 Å². The number of carbonyl (C=O) groups excluding carboxylic acids is 1. The molecule has 3 nitrogen and oxygen atoms in total. The molecule has 0 heterocycles. The number of hydrogen-bond donors (Lipinski definition) is 0. The molecule has 0 amide bonds. The van der Waals surface area contributed by atoms with Crippen LogP contribution in [0.4, 0.5) is 5.69 Å². The fourth-order valence-corrected chi connectivity index (χ4v) is 3.06. The smallest absolute Gasteiger partial charge is 0.127 e. The number of hydrogen-bond acceptors (Lipinski definition) is 3. The lowest BCUT2D eigenvalue weighted by molar-refractivity contribution is -0.117. The van der Waals surface area contributed by atoms with Gasteiger partial charge in [-0.2, -0.15) is 0 Å². The number of methoxy groups -OCH3 is 1. The predicted octanol–water partition coefficient (Wildman–Crippen LogP) is 3.53. The molecule has 0 unspecified atom stereocenters. The first-order chi connectivity index (χ1) is 9.58. The highest BCUT2D eigenvalue weighted by Crippen LogP contribution is 2.38. The summed E-state index contributed by atoms with van der Waals surface area (Å²) >= 11 is 0. The second-order valence-electron chi connectivity index (χ2n) is 6.22. The molecule has 0 bridgehead atoms. The standard InChI is InChI=1S/C17H25NO2/c1-14-7-9-17(13-19,10-8-14)12-18(2)15-5-4-6-16(11-15)20-3/h4-6,11,13-14H,7-10,12H2,1-3H3. The molecule has 0 atom stereocenters. The van der Waals surface area contributed by atoms with Crippen molar-refractivity contribution < 1.29 is 9.53 Å². The van der Waals surface area contributed by atoms with E-state index in [9.17, 15) is 4.79 Å². The predicted molar refractivity (Wildman–Crippen MR) is 82.4 cm³/mol. The topological polar surface area (TPSA) is 29.5 Å². The lowest BCUT2D eigenvalue weighted by atomic mass is 9.71. The van der Waals surface area contributed by atoms with Crippen LogP contribution in [0.1, 0.15) is 32.6 Å². The Labute approximate surface area is 121 Å². The van der Waals surface area contributed by atoms with Crippen LogP contribution >= 0.6 is 0 Å². The SMILES string of the molecule is COc1cccc(N(C)CC2(C=O)CCC(C)CC2)c1. The molecule has 0 aliphatic heterocycles. The number of nitrogens with zero attached hydrogens (tertiary/aromatic N) is 1. The number of carbonyl (C=O) groups is 1. The summed E-state index contributed by atoms with van der Waals surface area (Å²) in [6, 6.07) is 8.01. The molecule has 0 radical (unpaired) electrons. The second kappa shape index (κ2) is 6.29. The molecule has 0 spiro atoms. The summed E-state index contributed by atoms with van der Waals surface area (Å²) in [6.07, 6.45) is 5.52. The highest BCUT2D eigenvalue weighted by Gasteiger charge is 2.35. The van der Waals surface area contributed by atoms with Crippen molar-refractivity contribution in [2.24, 2.45) is 11.3 Å². The van der Waals surface area contributed by atoms with Crippen molar-refractivity contribution in [3.8, 4) is 5.75 Å². The van der Waals surface area contributed by atoms with Crippen molar-refractivity contribution >= 4 is 12.0 Å². The molecule has 2 rings (SSSR count). The molecule has 0 N–H and O–H groups in total. The van der Waals surface area contributed by atoms with E-state index >= 15 is 0 Å². The van der Waals surface area contributed by atoms with Gasteiger partial charge in [0.2, 0.25) is 0 Å². The molecule has 1 aromatic carbocycles. The Morgan fingerprint density at radius 2 is 2.10 bits per heavy atom. The molecule has 1 fully saturated rings. The van der Waals surface area contributed by atoms with Gasteiger partial charge in [-0.25, -0.2) is 0 Å². The quantitative estimate of drug-likeness (QED) is 0.770. The third kappa shape index (κ3) is 3.33. The number of aldehydes is 1. The lowest BCUT2D eigenvalue weighted by Gasteiger charge is -2.38. The third-order valence-electron chi connectivity index (χ3n) is 4.57. The maximum absolute atomic E-state index is 11.6. The van der Waals surface area contributed by atoms with Crippen LogP contribution in [0.15, 0.2) is 24.3 Å². The zero-order valence-electron chi connectivity index (χ0n) is 12.8. The minimum Gasteiger partial charge on any atom is -0.497 e. The van der Waals surface area contributed by atoms with Crippen LogP contribution in [0.2, 0.25) is 0 Å². The summed E-state index contributed by atoms with van der Waals surface area (Å²) in [5, 5.41) is 0. The van der Waals surface area contributed by atoms with Crippen molar-refractivity contribution in [2.75, 3.05) is 25.6 Å². The van der Waals surface area contributed by atoms with Gasteiger partial charge in [0.05, 0.1) is 7.11 Å². The van der Waals surface area contributed by atoms with Crippen LogP contribution in [0.25, 0.3) is 0 Å². The highest BCUT2D eigenvalue weighted by molar-refractivity contribution is 5.62. The average Bonchev–Trinajstić information content (AvgIpc) is 2.50. The van der Waals surface area contributed by atoms with E-state index in [-0.39, 0.29) is 5.41 Å². The molecule has 0 saturated heterocycles. The van der Waals surface area contributed by atoms with E-state index < -0.39 is 0 Å². The number of ether oxygens (including phenoxy) is 1. The normalized spacial score (nSPS) is 26.1. The summed E-state index contributed by atoms with van der Waals surface area (Å²) in [5.41, 5.74) is 0.925. The van der Waals surface area contributed by atoms with Crippen molar-refractivity contribution in [3.63, 3.8) is 0 Å². The van der Waals surface area contributed by atoms with E-state index in [0.29, 0.717) is 0 Å². The van der Waals surface area contributed by atoms with Crippen LogP contribution < -0.4 is 9.64 Å². The molecule has 1 aliphatic rings. The fraction of sp³-hybridized carbons (Fsp3) is 0.588. The Balaban J connectivity index is 2.08. The summed E-state index contributed by atoms with van der Waals surface area (Å²) < 4.78 is 5.26. The van der Waals surface area contributed by atoms with Gasteiger partial charge in [0.25, 0.3) is 0 Å². The Bertz CT molecular complexity index is 450. The molecule has 3 heteroatoms. The Morgan fingerprint density at radius 1 is 1.40 bits per heavy atom. The number of benzene rings is 1. The molecule has 20 heavy (non-hydrogen) atoms.